The van der Waals surface area contributed by atoms with Crippen molar-refractivity contribution in [3.8, 4) is 0 Å². The van der Waals surface area contributed by atoms with Gasteiger partial charge in [0.1, 0.15) is 11.5 Å². The van der Waals surface area contributed by atoms with E-state index in [-0.39, 0.29) is 12.4 Å². The number of carbonyl (C=O) groups is 1. The van der Waals surface area contributed by atoms with Crippen LogP contribution in [0.1, 0.15) is 21.9 Å². The number of amides is 1. The fourth-order valence-corrected chi connectivity index (χ4v) is 1.80. The molecule has 0 aliphatic carbocycles. The summed E-state index contributed by atoms with van der Waals surface area (Å²) < 4.78 is 3.26. The van der Waals surface area contributed by atoms with Crippen molar-refractivity contribution in [1.82, 2.24) is 19.6 Å². The number of primary amides is 1. The van der Waals surface area contributed by atoms with Gasteiger partial charge in [-0.3, -0.25) is 14.2 Å². The summed E-state index contributed by atoms with van der Waals surface area (Å²) in [6.45, 7) is 2.53. The molecule has 0 saturated carbocycles. The predicted octanol–water partition coefficient (Wildman–Crippen LogP) is 0.595. The van der Waals surface area contributed by atoms with Crippen molar-refractivity contribution in [2.24, 2.45) is 19.8 Å². The number of nitrogens with two attached hydrogens (primary N) is 1. The molecular weight excluding hydrogens is 268 g/mol. The van der Waals surface area contributed by atoms with Crippen molar-refractivity contribution in [2.45, 2.75) is 13.5 Å². The first-order chi connectivity index (χ1) is 8.47. The maximum absolute atomic E-state index is 11.1. The molecule has 0 unspecified atom stereocenters. The van der Waals surface area contributed by atoms with Crippen molar-refractivity contribution in [3.63, 3.8) is 0 Å². The second-order valence-electron chi connectivity index (χ2n) is 4.16. The summed E-state index contributed by atoms with van der Waals surface area (Å²) in [6, 6.07) is 3.62. The first-order valence-electron chi connectivity index (χ1n) is 5.54. The molecule has 0 aliphatic heterocycles. The molecule has 2 aromatic heterocycles. The fourth-order valence-electron chi connectivity index (χ4n) is 1.80. The number of carbonyl (C=O) groups excluding carboxylic acids is 1. The fraction of sp³-hybridized carbons (Fsp3) is 0.364. The predicted molar refractivity (Wildman–Crippen MR) is 74.2 cm³/mol. The van der Waals surface area contributed by atoms with Crippen LogP contribution in [-0.2, 0) is 20.6 Å². The van der Waals surface area contributed by atoms with E-state index in [1.807, 2.05) is 20.0 Å². The van der Waals surface area contributed by atoms with E-state index in [0.29, 0.717) is 18.1 Å². The van der Waals surface area contributed by atoms with E-state index in [2.05, 4.69) is 15.5 Å². The van der Waals surface area contributed by atoms with Crippen LogP contribution in [0.3, 0.4) is 0 Å². The molecule has 0 atom stereocenters. The van der Waals surface area contributed by atoms with Gasteiger partial charge in [-0.15, -0.1) is 12.4 Å². The summed E-state index contributed by atoms with van der Waals surface area (Å²) >= 11 is 0. The number of nitrogens with one attached hydrogen (secondary N) is 1. The molecule has 3 N–H and O–H groups in total. The average molecular weight is 285 g/mol. The van der Waals surface area contributed by atoms with Gasteiger partial charge >= 0.3 is 0 Å². The number of halogens is 1. The lowest BCUT2D eigenvalue weighted by Crippen LogP contribution is -2.15. The normalized spacial score (nSPS) is 10.1. The van der Waals surface area contributed by atoms with E-state index >= 15 is 0 Å². The van der Waals surface area contributed by atoms with E-state index < -0.39 is 5.91 Å². The number of rotatable bonds is 4. The Balaban J connectivity index is 0.00000180. The molecule has 0 spiro atoms. The summed E-state index contributed by atoms with van der Waals surface area (Å²) in [4.78, 5) is 11.1. The van der Waals surface area contributed by atoms with Gasteiger partial charge in [0.25, 0.3) is 5.91 Å². The third-order valence-electron chi connectivity index (χ3n) is 2.68. The zero-order valence-corrected chi connectivity index (χ0v) is 11.9. The molecule has 2 aromatic rings. The Labute approximate surface area is 117 Å². The van der Waals surface area contributed by atoms with Crippen molar-refractivity contribution in [3.05, 3.63) is 29.2 Å². The molecule has 0 saturated heterocycles. The Bertz CT molecular complexity index is 588. The van der Waals surface area contributed by atoms with Crippen molar-refractivity contribution < 1.29 is 4.79 Å². The quantitative estimate of drug-likeness (QED) is 0.860. The monoisotopic (exact) mass is 284 g/mol. The Kier molecular flexibility index (Phi) is 4.55. The Morgan fingerprint density at radius 1 is 1.32 bits per heavy atom. The summed E-state index contributed by atoms with van der Waals surface area (Å²) in [6.07, 6.45) is 0. The van der Waals surface area contributed by atoms with Gasteiger partial charge < -0.3 is 11.1 Å². The standard InChI is InChI=1S/C11H16N6O.ClH/c1-7-4-8(16(2)14-7)6-13-10-5-9(11(12)18)17(3)15-10;/h4-5H,6H2,1-3H3,(H2,12,18)(H,13,15);1H. The molecule has 0 radical (unpaired) electrons. The third kappa shape index (κ3) is 3.25. The van der Waals surface area contributed by atoms with Gasteiger partial charge in [0.15, 0.2) is 0 Å². The molecule has 0 fully saturated rings. The minimum Gasteiger partial charge on any atom is -0.364 e. The van der Waals surface area contributed by atoms with E-state index in [9.17, 15) is 4.79 Å². The highest BCUT2D eigenvalue weighted by Crippen LogP contribution is 2.10. The molecule has 1 amide bonds. The lowest BCUT2D eigenvalue weighted by Gasteiger charge is -2.02. The first-order valence-corrected chi connectivity index (χ1v) is 5.54. The summed E-state index contributed by atoms with van der Waals surface area (Å²) in [5.41, 5.74) is 7.60. The van der Waals surface area contributed by atoms with E-state index in [1.54, 1.807) is 17.8 Å². The summed E-state index contributed by atoms with van der Waals surface area (Å²) in [5.74, 6) is 0.125. The van der Waals surface area contributed by atoms with Gasteiger partial charge in [-0.1, -0.05) is 0 Å². The van der Waals surface area contributed by atoms with Crippen LogP contribution >= 0.6 is 12.4 Å². The maximum Gasteiger partial charge on any atom is 0.267 e. The molecule has 2 heterocycles. The number of hydrogen-bond donors (Lipinski definition) is 2. The highest BCUT2D eigenvalue weighted by atomic mass is 35.5. The number of anilines is 1. The molecule has 0 aliphatic rings. The highest BCUT2D eigenvalue weighted by Gasteiger charge is 2.10. The highest BCUT2D eigenvalue weighted by molar-refractivity contribution is 5.91. The van der Waals surface area contributed by atoms with Gasteiger partial charge in [0, 0.05) is 20.2 Å². The smallest absolute Gasteiger partial charge is 0.267 e. The van der Waals surface area contributed by atoms with Crippen molar-refractivity contribution >= 4 is 24.1 Å². The molecule has 104 valence electrons. The first kappa shape index (κ1) is 15.0. The van der Waals surface area contributed by atoms with Crippen molar-refractivity contribution in [1.29, 1.82) is 0 Å². The molecule has 7 nitrogen and oxygen atoms in total. The molecule has 0 bridgehead atoms. The van der Waals surface area contributed by atoms with Crippen LogP contribution in [0.25, 0.3) is 0 Å². The number of aryl methyl sites for hydroxylation is 3. The SMILES string of the molecule is Cc1cc(CNc2cc(C(N)=O)n(C)n2)n(C)n1.Cl. The molecule has 2 rings (SSSR count). The van der Waals surface area contributed by atoms with Gasteiger partial charge in [-0.05, 0) is 13.0 Å². The second kappa shape index (κ2) is 5.75. The number of hydrogen-bond acceptors (Lipinski definition) is 4. The zero-order valence-electron chi connectivity index (χ0n) is 11.0. The Morgan fingerprint density at radius 2 is 2.00 bits per heavy atom. The van der Waals surface area contributed by atoms with E-state index in [1.165, 1.54) is 4.68 Å². The third-order valence-corrected chi connectivity index (χ3v) is 2.68. The van der Waals surface area contributed by atoms with E-state index in [4.69, 9.17) is 5.73 Å². The lowest BCUT2D eigenvalue weighted by molar-refractivity contribution is 0.0991. The molecular formula is C11H17ClN6O. The van der Waals surface area contributed by atoms with Crippen molar-refractivity contribution in [2.75, 3.05) is 5.32 Å². The molecule has 0 aromatic carbocycles. The van der Waals surface area contributed by atoms with Gasteiger partial charge in [0.2, 0.25) is 0 Å². The van der Waals surface area contributed by atoms with Crippen LogP contribution in [-0.4, -0.2) is 25.5 Å². The lowest BCUT2D eigenvalue weighted by atomic mass is 10.3. The van der Waals surface area contributed by atoms with Gasteiger partial charge in [-0.2, -0.15) is 10.2 Å². The van der Waals surface area contributed by atoms with Crippen LogP contribution in [0, 0.1) is 6.92 Å². The number of aromatic nitrogens is 4. The molecule has 19 heavy (non-hydrogen) atoms. The largest absolute Gasteiger partial charge is 0.364 e. The minimum absolute atomic E-state index is 0. The Morgan fingerprint density at radius 3 is 2.47 bits per heavy atom. The van der Waals surface area contributed by atoms with E-state index in [0.717, 1.165) is 11.4 Å². The second-order valence-corrected chi connectivity index (χ2v) is 4.16. The Hall–Kier alpha value is -2.02. The molecule has 8 heteroatoms. The summed E-state index contributed by atoms with van der Waals surface area (Å²) in [7, 11) is 3.57. The van der Waals surface area contributed by atoms with Gasteiger partial charge in [-0.25, -0.2) is 0 Å². The average Bonchev–Trinajstić information content (AvgIpc) is 2.79. The number of nitrogens with zero attached hydrogens (tertiary/aromatic N) is 4. The van der Waals surface area contributed by atoms with Crippen LogP contribution in [0.2, 0.25) is 0 Å². The van der Waals surface area contributed by atoms with Crippen LogP contribution < -0.4 is 11.1 Å². The minimum atomic E-state index is -0.491. The van der Waals surface area contributed by atoms with Crippen LogP contribution in [0.15, 0.2) is 12.1 Å². The topological polar surface area (TPSA) is 90.8 Å². The van der Waals surface area contributed by atoms with Crippen LogP contribution in [0.5, 0.6) is 0 Å². The summed E-state index contributed by atoms with van der Waals surface area (Å²) in [5, 5.41) is 11.5. The van der Waals surface area contributed by atoms with Crippen LogP contribution in [0.4, 0.5) is 5.82 Å². The maximum atomic E-state index is 11.1. The van der Waals surface area contributed by atoms with Gasteiger partial charge in [0.05, 0.1) is 17.9 Å². The zero-order chi connectivity index (χ0) is 13.3.